The lowest BCUT2D eigenvalue weighted by Gasteiger charge is -2.24. The fourth-order valence-corrected chi connectivity index (χ4v) is 3.79. The van der Waals surface area contributed by atoms with Crippen LogP contribution in [0.1, 0.15) is 36.1 Å². The van der Waals surface area contributed by atoms with Gasteiger partial charge in [-0.3, -0.25) is 14.8 Å². The van der Waals surface area contributed by atoms with E-state index in [9.17, 15) is 4.79 Å². The SMILES string of the molecule is CCC(=O)Oc1c(C(Nc2ncccn2)c2cccc(/C=N\C)c2Cl)ccc2cccnc12. The Kier molecular flexibility index (Phi) is 6.90. The standard InChI is InChI=1S/C25H22ClN5O2/c1-3-20(32)33-24-19(11-10-16-8-5-12-28-22(16)24)23(31-25-29-13-6-14-30-25)18-9-4-7-17(15-27-2)21(18)26/h4-15,23H,3H2,1-2H3,(H,29,30,31)/b27-15-. The molecule has 1 atom stereocenters. The van der Waals surface area contributed by atoms with Crippen LogP contribution in [-0.2, 0) is 4.79 Å². The zero-order chi connectivity index (χ0) is 23.2. The number of carbonyl (C=O) groups is 1. The van der Waals surface area contributed by atoms with Gasteiger partial charge in [-0.05, 0) is 17.7 Å². The lowest BCUT2D eigenvalue weighted by atomic mass is 9.95. The number of hydrogen-bond acceptors (Lipinski definition) is 7. The van der Waals surface area contributed by atoms with E-state index in [4.69, 9.17) is 16.3 Å². The Bertz CT molecular complexity index is 1310. The molecule has 166 valence electrons. The van der Waals surface area contributed by atoms with Gasteiger partial charge >= 0.3 is 5.97 Å². The van der Waals surface area contributed by atoms with Gasteiger partial charge in [0.15, 0.2) is 5.75 Å². The normalized spacial score (nSPS) is 12.1. The van der Waals surface area contributed by atoms with Crippen molar-refractivity contribution in [3.63, 3.8) is 0 Å². The highest BCUT2D eigenvalue weighted by Gasteiger charge is 2.25. The van der Waals surface area contributed by atoms with E-state index in [1.54, 1.807) is 44.8 Å². The number of nitrogens with one attached hydrogen (secondary N) is 1. The fourth-order valence-electron chi connectivity index (χ4n) is 3.51. The van der Waals surface area contributed by atoms with Gasteiger partial charge in [0.05, 0.1) is 11.1 Å². The number of nitrogens with zero attached hydrogens (tertiary/aromatic N) is 4. The maximum Gasteiger partial charge on any atom is 0.310 e. The molecule has 1 unspecified atom stereocenters. The van der Waals surface area contributed by atoms with E-state index in [0.717, 1.165) is 16.5 Å². The average Bonchev–Trinajstić information content (AvgIpc) is 2.85. The summed E-state index contributed by atoms with van der Waals surface area (Å²) in [6, 6.07) is 14.5. The summed E-state index contributed by atoms with van der Waals surface area (Å²) < 4.78 is 5.81. The van der Waals surface area contributed by atoms with E-state index in [-0.39, 0.29) is 12.4 Å². The Balaban J connectivity index is 1.96. The molecule has 1 N–H and O–H groups in total. The van der Waals surface area contributed by atoms with Crippen LogP contribution in [0.25, 0.3) is 10.9 Å². The minimum absolute atomic E-state index is 0.228. The summed E-state index contributed by atoms with van der Waals surface area (Å²) in [5.41, 5.74) is 2.79. The van der Waals surface area contributed by atoms with Gasteiger partial charge in [0.25, 0.3) is 0 Å². The molecule has 2 aromatic carbocycles. The molecule has 0 fully saturated rings. The van der Waals surface area contributed by atoms with E-state index >= 15 is 0 Å². The Labute approximate surface area is 196 Å². The molecule has 0 bridgehead atoms. The lowest BCUT2D eigenvalue weighted by molar-refractivity contribution is -0.133. The Morgan fingerprint density at radius 2 is 1.85 bits per heavy atom. The van der Waals surface area contributed by atoms with Crippen LogP contribution in [0.5, 0.6) is 5.75 Å². The van der Waals surface area contributed by atoms with E-state index in [2.05, 4.69) is 25.3 Å². The maximum absolute atomic E-state index is 12.4. The second kappa shape index (κ2) is 10.2. The maximum atomic E-state index is 12.4. The number of anilines is 1. The van der Waals surface area contributed by atoms with Gasteiger partial charge < -0.3 is 10.1 Å². The number of rotatable bonds is 7. The predicted octanol–water partition coefficient (Wildman–Crippen LogP) is 5.24. The number of carbonyl (C=O) groups excluding carboxylic acids is 1. The molecule has 0 aliphatic carbocycles. The number of halogens is 1. The summed E-state index contributed by atoms with van der Waals surface area (Å²) in [5.74, 6) is 0.420. The second-order valence-electron chi connectivity index (χ2n) is 7.17. The summed E-state index contributed by atoms with van der Waals surface area (Å²) in [6.45, 7) is 1.75. The van der Waals surface area contributed by atoms with E-state index in [0.29, 0.717) is 27.8 Å². The summed E-state index contributed by atoms with van der Waals surface area (Å²) in [7, 11) is 1.69. The molecule has 4 aromatic rings. The Morgan fingerprint density at radius 3 is 2.61 bits per heavy atom. The second-order valence-corrected chi connectivity index (χ2v) is 7.55. The quantitative estimate of drug-likeness (QED) is 0.231. The minimum Gasteiger partial charge on any atom is -0.424 e. The number of pyridine rings is 1. The monoisotopic (exact) mass is 459 g/mol. The van der Waals surface area contributed by atoms with E-state index in [1.165, 1.54) is 0 Å². The number of benzene rings is 2. The molecule has 2 aromatic heterocycles. The van der Waals surface area contributed by atoms with Gasteiger partial charge in [-0.1, -0.05) is 54.9 Å². The van der Waals surface area contributed by atoms with Crippen LogP contribution >= 0.6 is 11.6 Å². The smallest absolute Gasteiger partial charge is 0.310 e. The first-order chi connectivity index (χ1) is 16.1. The summed E-state index contributed by atoms with van der Waals surface area (Å²) >= 11 is 6.81. The van der Waals surface area contributed by atoms with Gasteiger partial charge in [0.2, 0.25) is 5.95 Å². The highest BCUT2D eigenvalue weighted by molar-refractivity contribution is 6.34. The third-order valence-electron chi connectivity index (χ3n) is 5.05. The number of aliphatic imine (C=N–C) groups is 1. The molecule has 0 spiro atoms. The van der Waals surface area contributed by atoms with Gasteiger partial charge in [0, 0.05) is 54.8 Å². The topological polar surface area (TPSA) is 89.4 Å². The minimum atomic E-state index is -0.531. The van der Waals surface area contributed by atoms with E-state index < -0.39 is 6.04 Å². The molecule has 0 saturated carbocycles. The van der Waals surface area contributed by atoms with Crippen molar-refractivity contribution >= 4 is 40.6 Å². The van der Waals surface area contributed by atoms with Crippen molar-refractivity contribution in [1.29, 1.82) is 0 Å². The summed E-state index contributed by atoms with van der Waals surface area (Å²) in [5, 5.41) is 4.72. The summed E-state index contributed by atoms with van der Waals surface area (Å²) in [6.07, 6.45) is 6.89. The Morgan fingerprint density at radius 1 is 1.06 bits per heavy atom. The zero-order valence-electron chi connectivity index (χ0n) is 18.2. The van der Waals surface area contributed by atoms with Crippen molar-refractivity contribution in [2.24, 2.45) is 4.99 Å². The van der Waals surface area contributed by atoms with Crippen LogP contribution in [0.2, 0.25) is 5.02 Å². The highest BCUT2D eigenvalue weighted by atomic mass is 35.5. The first-order valence-electron chi connectivity index (χ1n) is 10.4. The molecule has 7 nitrogen and oxygen atoms in total. The number of ether oxygens (including phenoxy) is 1. The van der Waals surface area contributed by atoms with Gasteiger partial charge in [0.1, 0.15) is 5.52 Å². The molecule has 0 radical (unpaired) electrons. The molecule has 0 aliphatic heterocycles. The molecule has 8 heteroatoms. The first-order valence-corrected chi connectivity index (χ1v) is 10.8. The average molecular weight is 460 g/mol. The molecule has 0 saturated heterocycles. The fraction of sp³-hybridized carbons (Fsp3) is 0.160. The van der Waals surface area contributed by atoms with Gasteiger partial charge in [-0.2, -0.15) is 0 Å². The van der Waals surface area contributed by atoms with Crippen LogP contribution in [0.15, 0.2) is 72.1 Å². The van der Waals surface area contributed by atoms with Crippen molar-refractivity contribution in [3.05, 3.63) is 88.8 Å². The molecule has 33 heavy (non-hydrogen) atoms. The lowest BCUT2D eigenvalue weighted by Crippen LogP contribution is -2.18. The van der Waals surface area contributed by atoms with Crippen molar-refractivity contribution in [1.82, 2.24) is 15.0 Å². The number of esters is 1. The summed E-state index contributed by atoms with van der Waals surface area (Å²) in [4.78, 5) is 29.6. The third-order valence-corrected chi connectivity index (χ3v) is 5.49. The van der Waals surface area contributed by atoms with Crippen molar-refractivity contribution in [2.75, 3.05) is 12.4 Å². The van der Waals surface area contributed by atoms with Crippen LogP contribution < -0.4 is 10.1 Å². The van der Waals surface area contributed by atoms with Crippen LogP contribution in [0.3, 0.4) is 0 Å². The first kappa shape index (κ1) is 22.4. The van der Waals surface area contributed by atoms with Crippen molar-refractivity contribution in [3.8, 4) is 5.75 Å². The molecule has 0 amide bonds. The largest absolute Gasteiger partial charge is 0.424 e. The van der Waals surface area contributed by atoms with Gasteiger partial charge in [-0.15, -0.1) is 0 Å². The number of fused-ring (bicyclic) bond motifs is 1. The Hall–Kier alpha value is -3.84. The van der Waals surface area contributed by atoms with Crippen LogP contribution in [0, 0.1) is 0 Å². The molecular formula is C25H22ClN5O2. The molecule has 2 heterocycles. The third kappa shape index (κ3) is 4.83. The van der Waals surface area contributed by atoms with Gasteiger partial charge in [-0.25, -0.2) is 9.97 Å². The number of hydrogen-bond donors (Lipinski definition) is 1. The van der Waals surface area contributed by atoms with E-state index in [1.807, 2.05) is 42.5 Å². The molecule has 0 aliphatic rings. The number of aromatic nitrogens is 3. The highest BCUT2D eigenvalue weighted by Crippen LogP contribution is 2.39. The zero-order valence-corrected chi connectivity index (χ0v) is 19.0. The van der Waals surface area contributed by atoms with Crippen molar-refractivity contribution < 1.29 is 9.53 Å². The molecule has 4 rings (SSSR count). The van der Waals surface area contributed by atoms with Crippen molar-refractivity contribution in [2.45, 2.75) is 19.4 Å². The predicted molar refractivity (Wildman–Crippen MR) is 130 cm³/mol. The van der Waals surface area contributed by atoms with Crippen LogP contribution in [0.4, 0.5) is 5.95 Å². The molecular weight excluding hydrogens is 438 g/mol. The van der Waals surface area contributed by atoms with Crippen LogP contribution in [-0.4, -0.2) is 34.2 Å².